The third-order valence-corrected chi connectivity index (χ3v) is 4.73. The van der Waals surface area contributed by atoms with Gasteiger partial charge >= 0.3 is 0 Å². The number of ether oxygens (including phenoxy) is 1. The summed E-state index contributed by atoms with van der Waals surface area (Å²) in [6.07, 6.45) is 1.29. The zero-order valence-electron chi connectivity index (χ0n) is 14.3. The van der Waals surface area contributed by atoms with E-state index >= 15 is 0 Å². The lowest BCUT2D eigenvalue weighted by atomic mass is 9.83. The molecule has 1 aliphatic heterocycles. The number of rotatable bonds is 4. The van der Waals surface area contributed by atoms with E-state index in [2.05, 4.69) is 15.2 Å². The number of benzene rings is 1. The van der Waals surface area contributed by atoms with Crippen LogP contribution < -0.4 is 14.8 Å². The summed E-state index contributed by atoms with van der Waals surface area (Å²) in [7, 11) is -2.05. The van der Waals surface area contributed by atoms with Crippen molar-refractivity contribution >= 4 is 27.3 Å². The molecule has 0 unspecified atom stereocenters. The number of fused-ring (bicyclic) bond motifs is 1. The highest BCUT2D eigenvalue weighted by Crippen LogP contribution is 2.43. The molecule has 2 N–H and O–H groups in total. The summed E-state index contributed by atoms with van der Waals surface area (Å²) < 4.78 is 36.2. The number of hydrogen-bond donors (Lipinski definition) is 2. The lowest BCUT2D eigenvalue weighted by Gasteiger charge is -2.27. The molecule has 1 amide bonds. The molecule has 1 aromatic heterocycles. The van der Waals surface area contributed by atoms with E-state index < -0.39 is 10.0 Å². The van der Waals surface area contributed by atoms with Gasteiger partial charge in [0.2, 0.25) is 15.9 Å². The number of nitrogens with one attached hydrogen (secondary N) is 2. The van der Waals surface area contributed by atoms with Gasteiger partial charge < -0.3 is 14.6 Å². The molecule has 2 heterocycles. The van der Waals surface area contributed by atoms with Gasteiger partial charge in [0.05, 0.1) is 24.7 Å². The fourth-order valence-corrected chi connectivity index (χ4v) is 3.74. The predicted molar refractivity (Wildman–Crippen MR) is 92.5 cm³/mol. The first-order valence-corrected chi connectivity index (χ1v) is 9.51. The zero-order valence-corrected chi connectivity index (χ0v) is 15.2. The second kappa shape index (κ2) is 6.07. The normalized spacial score (nSPS) is 17.0. The van der Waals surface area contributed by atoms with Gasteiger partial charge in [-0.1, -0.05) is 5.16 Å². The van der Waals surface area contributed by atoms with Crippen molar-refractivity contribution in [3.8, 4) is 5.75 Å². The Morgan fingerprint density at radius 1 is 1.36 bits per heavy atom. The van der Waals surface area contributed by atoms with E-state index in [1.807, 2.05) is 6.92 Å². The lowest BCUT2D eigenvalue weighted by molar-refractivity contribution is -0.116. The van der Waals surface area contributed by atoms with Gasteiger partial charge in [-0.05, 0) is 25.5 Å². The Kier molecular flexibility index (Phi) is 4.19. The second-order valence-electron chi connectivity index (χ2n) is 6.06. The first-order chi connectivity index (χ1) is 11.7. The van der Waals surface area contributed by atoms with Crippen molar-refractivity contribution in [1.82, 2.24) is 5.16 Å². The van der Waals surface area contributed by atoms with Gasteiger partial charge in [0.1, 0.15) is 11.5 Å². The third-order valence-electron chi connectivity index (χ3n) is 4.14. The topological polar surface area (TPSA) is 111 Å². The van der Waals surface area contributed by atoms with Crippen LogP contribution in [0.2, 0.25) is 0 Å². The zero-order chi connectivity index (χ0) is 18.4. The number of carbonyl (C=O) groups excluding carboxylic acids is 1. The van der Waals surface area contributed by atoms with E-state index in [9.17, 15) is 13.2 Å². The van der Waals surface area contributed by atoms with Crippen LogP contribution in [0.3, 0.4) is 0 Å². The van der Waals surface area contributed by atoms with Gasteiger partial charge in [0.15, 0.2) is 0 Å². The van der Waals surface area contributed by atoms with E-state index in [1.54, 1.807) is 19.1 Å². The number of aromatic nitrogens is 1. The third kappa shape index (κ3) is 3.32. The van der Waals surface area contributed by atoms with Crippen molar-refractivity contribution in [2.24, 2.45) is 0 Å². The molecule has 2 aromatic rings. The van der Waals surface area contributed by atoms with Gasteiger partial charge in [-0.15, -0.1) is 0 Å². The molecule has 0 bridgehead atoms. The van der Waals surface area contributed by atoms with Crippen LogP contribution in [-0.4, -0.2) is 32.8 Å². The molecule has 0 saturated heterocycles. The molecule has 8 nitrogen and oxygen atoms in total. The van der Waals surface area contributed by atoms with Crippen LogP contribution in [0, 0.1) is 13.8 Å². The van der Waals surface area contributed by atoms with E-state index in [1.165, 1.54) is 7.11 Å². The van der Waals surface area contributed by atoms with Crippen LogP contribution in [0.5, 0.6) is 5.75 Å². The average Bonchev–Trinajstić information content (AvgIpc) is 2.83. The number of sulfonamides is 1. The van der Waals surface area contributed by atoms with Gasteiger partial charge in [-0.25, -0.2) is 8.42 Å². The number of anilines is 2. The first-order valence-electron chi connectivity index (χ1n) is 7.62. The number of amides is 1. The molecular formula is C16H19N3O5S. The molecule has 3 rings (SSSR count). The first kappa shape index (κ1) is 17.3. The second-order valence-corrected chi connectivity index (χ2v) is 7.81. The summed E-state index contributed by atoms with van der Waals surface area (Å²) in [5, 5.41) is 6.77. The van der Waals surface area contributed by atoms with Gasteiger partial charge in [0, 0.05) is 29.7 Å². The Morgan fingerprint density at radius 3 is 2.64 bits per heavy atom. The largest absolute Gasteiger partial charge is 0.494 e. The summed E-state index contributed by atoms with van der Waals surface area (Å²) in [6, 6.07) is 3.30. The number of hydrogen-bond acceptors (Lipinski definition) is 6. The highest BCUT2D eigenvalue weighted by molar-refractivity contribution is 7.92. The Labute approximate surface area is 145 Å². The summed E-state index contributed by atoms with van der Waals surface area (Å²) in [5.41, 5.74) is 3.22. The number of carbonyl (C=O) groups is 1. The Hall–Kier alpha value is -2.55. The maximum absolute atomic E-state index is 12.2. The molecule has 1 atom stereocenters. The molecule has 0 fully saturated rings. The van der Waals surface area contributed by atoms with Crippen LogP contribution in [0.4, 0.5) is 11.4 Å². The van der Waals surface area contributed by atoms with E-state index in [0.717, 1.165) is 17.4 Å². The molecule has 0 radical (unpaired) electrons. The SMILES string of the molecule is COc1cc2c(cc1NS(C)(=O)=O)[C@H](c1c(C)noc1C)CC(=O)N2. The highest BCUT2D eigenvalue weighted by atomic mass is 32.2. The van der Waals surface area contributed by atoms with Gasteiger partial charge in [0.25, 0.3) is 0 Å². The monoisotopic (exact) mass is 365 g/mol. The standard InChI is InChI=1S/C16H19N3O5S/c1-8-16(9(2)24-18-8)11-6-15(20)17-12-7-14(23-3)13(5-10(11)12)19-25(4,21)22/h5,7,11,19H,6H2,1-4H3,(H,17,20)/t11-/m1/s1. The van der Waals surface area contributed by atoms with Crippen molar-refractivity contribution in [1.29, 1.82) is 0 Å². The molecule has 0 spiro atoms. The van der Waals surface area contributed by atoms with Gasteiger partial charge in [-0.2, -0.15) is 0 Å². The van der Waals surface area contributed by atoms with Gasteiger partial charge in [-0.3, -0.25) is 9.52 Å². The molecule has 25 heavy (non-hydrogen) atoms. The minimum Gasteiger partial charge on any atom is -0.494 e. The summed E-state index contributed by atoms with van der Waals surface area (Å²) in [6.45, 7) is 3.61. The van der Waals surface area contributed by atoms with Crippen molar-refractivity contribution < 1.29 is 22.5 Å². The van der Waals surface area contributed by atoms with E-state index in [-0.39, 0.29) is 18.2 Å². The lowest BCUT2D eigenvalue weighted by Crippen LogP contribution is -2.24. The minimum atomic E-state index is -3.48. The molecule has 0 aliphatic carbocycles. The molecular weight excluding hydrogens is 346 g/mol. The Morgan fingerprint density at radius 2 is 2.08 bits per heavy atom. The highest BCUT2D eigenvalue weighted by Gasteiger charge is 2.32. The Balaban J connectivity index is 2.19. The molecule has 1 aromatic carbocycles. The summed E-state index contributed by atoms with van der Waals surface area (Å²) in [5.74, 6) is 0.546. The van der Waals surface area contributed by atoms with Crippen molar-refractivity contribution in [3.63, 3.8) is 0 Å². The summed E-state index contributed by atoms with van der Waals surface area (Å²) in [4.78, 5) is 12.2. The minimum absolute atomic E-state index is 0.136. The number of methoxy groups -OCH3 is 1. The molecule has 0 saturated carbocycles. The number of aryl methyl sites for hydroxylation is 2. The quantitative estimate of drug-likeness (QED) is 0.859. The van der Waals surface area contributed by atoms with Crippen molar-refractivity contribution in [2.75, 3.05) is 23.4 Å². The van der Waals surface area contributed by atoms with Crippen LogP contribution in [0.25, 0.3) is 0 Å². The van der Waals surface area contributed by atoms with Crippen molar-refractivity contribution in [2.45, 2.75) is 26.2 Å². The maximum Gasteiger partial charge on any atom is 0.229 e. The number of nitrogens with zero attached hydrogens (tertiary/aromatic N) is 1. The van der Waals surface area contributed by atoms with Crippen molar-refractivity contribution in [3.05, 3.63) is 34.7 Å². The Bertz CT molecular complexity index is 929. The molecule has 134 valence electrons. The molecule has 9 heteroatoms. The summed E-state index contributed by atoms with van der Waals surface area (Å²) >= 11 is 0. The molecule has 1 aliphatic rings. The van der Waals surface area contributed by atoms with Crippen LogP contribution in [-0.2, 0) is 14.8 Å². The smallest absolute Gasteiger partial charge is 0.229 e. The van der Waals surface area contributed by atoms with E-state index in [4.69, 9.17) is 9.26 Å². The van der Waals surface area contributed by atoms with Crippen LogP contribution in [0.1, 0.15) is 34.9 Å². The average molecular weight is 365 g/mol. The van der Waals surface area contributed by atoms with Crippen LogP contribution in [0.15, 0.2) is 16.7 Å². The van der Waals surface area contributed by atoms with E-state index in [0.29, 0.717) is 28.6 Å². The maximum atomic E-state index is 12.2. The predicted octanol–water partition coefficient (Wildman–Crippen LogP) is 2.15. The fourth-order valence-electron chi connectivity index (χ4n) is 3.18. The fraction of sp³-hybridized carbons (Fsp3) is 0.375. The van der Waals surface area contributed by atoms with Crippen LogP contribution >= 0.6 is 0 Å².